The van der Waals surface area contributed by atoms with Crippen molar-refractivity contribution < 1.29 is 14.3 Å². The molecule has 1 amide bonds. The molecule has 0 aliphatic rings. The molecule has 0 bridgehead atoms. The monoisotopic (exact) mass is 351 g/mol. The van der Waals surface area contributed by atoms with E-state index in [1.54, 1.807) is 6.07 Å². The molecule has 0 saturated heterocycles. The van der Waals surface area contributed by atoms with E-state index < -0.39 is 17.8 Å². The lowest BCUT2D eigenvalue weighted by atomic mass is 10.1. The summed E-state index contributed by atoms with van der Waals surface area (Å²) in [4.78, 5) is 12.1. The number of nitrogens with one attached hydrogen (secondary N) is 1. The Kier molecular flexibility index (Phi) is 5.47. The van der Waals surface area contributed by atoms with Gasteiger partial charge in [-0.25, -0.2) is 4.39 Å². The van der Waals surface area contributed by atoms with Crippen LogP contribution < -0.4 is 5.32 Å². The van der Waals surface area contributed by atoms with Crippen molar-refractivity contribution in [3.8, 4) is 0 Å². The SMILES string of the molecule is O=C(N[C@@H](CO)Cc1ccccc1)c1cccc(Br)c1F. The first-order chi connectivity index (χ1) is 10.1. The minimum absolute atomic E-state index is 0.0455. The Labute approximate surface area is 130 Å². The van der Waals surface area contributed by atoms with Crippen LogP contribution in [-0.2, 0) is 6.42 Å². The molecule has 21 heavy (non-hydrogen) atoms. The summed E-state index contributed by atoms with van der Waals surface area (Å²) in [5, 5.41) is 12.0. The average Bonchev–Trinajstić information content (AvgIpc) is 2.50. The summed E-state index contributed by atoms with van der Waals surface area (Å²) in [5.41, 5.74) is 0.947. The van der Waals surface area contributed by atoms with Crippen molar-refractivity contribution in [2.24, 2.45) is 0 Å². The Hall–Kier alpha value is -1.72. The van der Waals surface area contributed by atoms with Gasteiger partial charge in [-0.2, -0.15) is 0 Å². The van der Waals surface area contributed by atoms with E-state index >= 15 is 0 Å². The lowest BCUT2D eigenvalue weighted by Gasteiger charge is -2.17. The van der Waals surface area contributed by atoms with Gasteiger partial charge in [0.2, 0.25) is 0 Å². The summed E-state index contributed by atoms with van der Waals surface area (Å²) in [6, 6.07) is 13.6. The molecule has 2 aromatic carbocycles. The molecule has 2 N–H and O–H groups in total. The zero-order valence-corrected chi connectivity index (χ0v) is 12.8. The smallest absolute Gasteiger partial charge is 0.254 e. The van der Waals surface area contributed by atoms with Gasteiger partial charge in [-0.15, -0.1) is 0 Å². The average molecular weight is 352 g/mol. The first-order valence-electron chi connectivity index (χ1n) is 6.51. The standard InChI is InChI=1S/C16H15BrFNO2/c17-14-8-4-7-13(15(14)18)16(21)19-12(10-20)9-11-5-2-1-3-6-11/h1-8,12,20H,9-10H2,(H,19,21)/t12-/m1/s1. The summed E-state index contributed by atoms with van der Waals surface area (Å²) in [7, 11) is 0. The molecule has 0 spiro atoms. The molecule has 2 rings (SSSR count). The van der Waals surface area contributed by atoms with Crippen molar-refractivity contribution >= 4 is 21.8 Å². The third-order valence-corrected chi connectivity index (χ3v) is 3.69. The zero-order valence-electron chi connectivity index (χ0n) is 11.2. The van der Waals surface area contributed by atoms with E-state index in [-0.39, 0.29) is 16.6 Å². The van der Waals surface area contributed by atoms with E-state index in [0.29, 0.717) is 6.42 Å². The molecule has 0 heterocycles. The fourth-order valence-corrected chi connectivity index (χ4v) is 2.37. The summed E-state index contributed by atoms with van der Waals surface area (Å²) < 4.78 is 14.1. The largest absolute Gasteiger partial charge is 0.394 e. The lowest BCUT2D eigenvalue weighted by molar-refractivity contribution is 0.0912. The number of aliphatic hydroxyl groups is 1. The van der Waals surface area contributed by atoms with Crippen molar-refractivity contribution in [1.29, 1.82) is 0 Å². The van der Waals surface area contributed by atoms with Crippen LogP contribution in [0.5, 0.6) is 0 Å². The van der Waals surface area contributed by atoms with Crippen molar-refractivity contribution in [1.82, 2.24) is 5.32 Å². The van der Waals surface area contributed by atoms with Gasteiger partial charge in [-0.3, -0.25) is 4.79 Å². The lowest BCUT2D eigenvalue weighted by Crippen LogP contribution is -2.39. The molecule has 0 aliphatic heterocycles. The minimum atomic E-state index is -0.605. The number of halogens is 2. The van der Waals surface area contributed by atoms with Gasteiger partial charge >= 0.3 is 0 Å². The molecule has 0 unspecified atom stereocenters. The summed E-state index contributed by atoms with van der Waals surface area (Å²) in [6.07, 6.45) is 0.485. The van der Waals surface area contributed by atoms with E-state index in [1.807, 2.05) is 30.3 Å². The highest BCUT2D eigenvalue weighted by Crippen LogP contribution is 2.18. The Bertz CT molecular complexity index is 619. The van der Waals surface area contributed by atoms with Gasteiger partial charge in [0.1, 0.15) is 5.82 Å². The van der Waals surface area contributed by atoms with Gasteiger partial charge < -0.3 is 10.4 Å². The molecule has 0 aromatic heterocycles. The Morgan fingerprint density at radius 1 is 1.19 bits per heavy atom. The number of carbonyl (C=O) groups is 1. The normalized spacial score (nSPS) is 12.0. The van der Waals surface area contributed by atoms with Crippen LogP contribution in [0.3, 0.4) is 0 Å². The molecule has 5 heteroatoms. The zero-order chi connectivity index (χ0) is 15.2. The number of aliphatic hydroxyl groups excluding tert-OH is 1. The number of rotatable bonds is 5. The maximum Gasteiger partial charge on any atom is 0.254 e. The van der Waals surface area contributed by atoms with Crippen molar-refractivity contribution in [3.63, 3.8) is 0 Å². The van der Waals surface area contributed by atoms with E-state index in [1.165, 1.54) is 12.1 Å². The molecule has 0 fully saturated rings. The maximum absolute atomic E-state index is 13.9. The molecule has 110 valence electrons. The summed E-state index contributed by atoms with van der Waals surface area (Å²) in [6.45, 7) is -0.212. The Balaban J connectivity index is 2.08. The molecule has 1 atom stereocenters. The topological polar surface area (TPSA) is 49.3 Å². The highest BCUT2D eigenvalue weighted by Gasteiger charge is 2.17. The van der Waals surface area contributed by atoms with Gasteiger partial charge in [0, 0.05) is 0 Å². The third kappa shape index (κ3) is 4.12. The molecule has 0 saturated carbocycles. The number of hydrogen-bond acceptors (Lipinski definition) is 2. The second-order valence-electron chi connectivity index (χ2n) is 4.64. The molecule has 2 aromatic rings. The predicted molar refractivity (Wildman–Crippen MR) is 82.6 cm³/mol. The number of hydrogen-bond donors (Lipinski definition) is 2. The highest BCUT2D eigenvalue weighted by atomic mass is 79.9. The molecule has 0 aliphatic carbocycles. The maximum atomic E-state index is 13.9. The van der Waals surface area contributed by atoms with Gasteiger partial charge in [-0.1, -0.05) is 36.4 Å². The van der Waals surface area contributed by atoms with Gasteiger partial charge in [-0.05, 0) is 40.0 Å². The summed E-state index contributed by atoms with van der Waals surface area (Å²) >= 11 is 3.05. The fraction of sp³-hybridized carbons (Fsp3) is 0.188. The van der Waals surface area contributed by atoms with Crippen LogP contribution in [0.1, 0.15) is 15.9 Å². The van der Waals surface area contributed by atoms with Crippen LogP contribution in [-0.4, -0.2) is 23.7 Å². The van der Waals surface area contributed by atoms with Crippen molar-refractivity contribution in [3.05, 3.63) is 69.9 Å². The number of amides is 1. The second-order valence-corrected chi connectivity index (χ2v) is 5.50. The van der Waals surface area contributed by atoms with Crippen LogP contribution in [0, 0.1) is 5.82 Å². The molecular weight excluding hydrogens is 337 g/mol. The van der Waals surface area contributed by atoms with Gasteiger partial charge in [0.25, 0.3) is 5.91 Å². The van der Waals surface area contributed by atoms with Crippen LogP contribution >= 0.6 is 15.9 Å². The molecule has 3 nitrogen and oxygen atoms in total. The highest BCUT2D eigenvalue weighted by molar-refractivity contribution is 9.10. The number of carbonyl (C=O) groups excluding carboxylic acids is 1. The van der Waals surface area contributed by atoms with Crippen molar-refractivity contribution in [2.45, 2.75) is 12.5 Å². The molecule has 0 radical (unpaired) electrons. The van der Waals surface area contributed by atoms with E-state index in [9.17, 15) is 14.3 Å². The fourth-order valence-electron chi connectivity index (χ4n) is 2.00. The third-order valence-electron chi connectivity index (χ3n) is 3.08. The molecular formula is C16H15BrFNO2. The first kappa shape index (κ1) is 15.7. The second kappa shape index (κ2) is 7.33. The van der Waals surface area contributed by atoms with Crippen LogP contribution in [0.15, 0.2) is 53.0 Å². The van der Waals surface area contributed by atoms with Gasteiger partial charge in [0.15, 0.2) is 0 Å². The van der Waals surface area contributed by atoms with Crippen molar-refractivity contribution in [2.75, 3.05) is 6.61 Å². The first-order valence-corrected chi connectivity index (χ1v) is 7.30. The Morgan fingerprint density at radius 3 is 2.57 bits per heavy atom. The number of benzene rings is 2. The summed E-state index contributed by atoms with van der Waals surface area (Å²) in [5.74, 6) is -1.14. The van der Waals surface area contributed by atoms with E-state index in [2.05, 4.69) is 21.2 Å². The van der Waals surface area contributed by atoms with Crippen LogP contribution in [0.2, 0.25) is 0 Å². The van der Waals surface area contributed by atoms with Crippen LogP contribution in [0.25, 0.3) is 0 Å². The van der Waals surface area contributed by atoms with E-state index in [0.717, 1.165) is 5.56 Å². The van der Waals surface area contributed by atoms with Gasteiger partial charge in [0.05, 0.1) is 22.7 Å². The predicted octanol–water partition coefficient (Wildman–Crippen LogP) is 2.92. The Morgan fingerprint density at radius 2 is 1.90 bits per heavy atom. The quantitative estimate of drug-likeness (QED) is 0.869. The van der Waals surface area contributed by atoms with E-state index in [4.69, 9.17) is 0 Å². The minimum Gasteiger partial charge on any atom is -0.394 e. The van der Waals surface area contributed by atoms with Crippen LogP contribution in [0.4, 0.5) is 4.39 Å².